The first-order valence-corrected chi connectivity index (χ1v) is 22.3. The molecule has 4 aliphatic rings. The van der Waals surface area contributed by atoms with Crippen molar-refractivity contribution in [3.05, 3.63) is 119 Å². The molecule has 1 saturated carbocycles. The van der Waals surface area contributed by atoms with Gasteiger partial charge in [-0.25, -0.2) is 0 Å². The SMILES string of the molecule is Cc1cc(C(C)(C)C)ccc1N1B2c3cc(C(C)(C)C)cc4c3N(c3cc5sc6ccccc6c5c(c32)-c2ccc3oc5ccccc5c3c21)C1(C)CCCCC41C. The number of hydrogen-bond acceptors (Lipinski definition) is 4. The van der Waals surface area contributed by atoms with Gasteiger partial charge in [-0.3, -0.25) is 0 Å². The molecule has 3 nitrogen and oxygen atoms in total. The van der Waals surface area contributed by atoms with Crippen LogP contribution in [0.2, 0.25) is 0 Å². The molecule has 0 radical (unpaired) electrons. The Balaban J connectivity index is 1.32. The average Bonchev–Trinajstić information content (AvgIpc) is 3.82. The summed E-state index contributed by atoms with van der Waals surface area (Å²) in [6.07, 6.45) is 4.92. The predicted molar refractivity (Wildman–Crippen MR) is 251 cm³/mol. The van der Waals surface area contributed by atoms with Crippen molar-refractivity contribution in [2.45, 2.75) is 110 Å². The lowest BCUT2D eigenvalue weighted by molar-refractivity contribution is 0.195. The van der Waals surface area contributed by atoms with E-state index < -0.39 is 0 Å². The third-order valence-corrected chi connectivity index (χ3v) is 16.3. The fourth-order valence-electron chi connectivity index (χ4n) is 12.0. The molecule has 6 aromatic carbocycles. The van der Waals surface area contributed by atoms with Crippen LogP contribution in [0.1, 0.15) is 103 Å². The highest BCUT2D eigenvalue weighted by molar-refractivity contribution is 7.26. The van der Waals surface area contributed by atoms with Gasteiger partial charge in [-0.2, -0.15) is 0 Å². The van der Waals surface area contributed by atoms with Gasteiger partial charge < -0.3 is 14.1 Å². The maximum Gasteiger partial charge on any atom is 0.333 e. The molecule has 2 aromatic heterocycles. The number of rotatable bonds is 1. The lowest BCUT2D eigenvalue weighted by Gasteiger charge is -2.53. The number of aryl methyl sites for hydroxylation is 1. The summed E-state index contributed by atoms with van der Waals surface area (Å²) in [6, 6.07) is 37.6. The van der Waals surface area contributed by atoms with E-state index in [0.717, 1.165) is 11.2 Å². The molecule has 0 saturated heterocycles. The summed E-state index contributed by atoms with van der Waals surface area (Å²) in [5.41, 5.74) is 18.5. The van der Waals surface area contributed by atoms with Gasteiger partial charge in [0, 0.05) is 59.3 Å². The van der Waals surface area contributed by atoms with E-state index in [1.54, 1.807) is 5.56 Å². The highest BCUT2D eigenvalue weighted by Crippen LogP contribution is 2.64. The molecular weight excluding hydrogens is 723 g/mol. The van der Waals surface area contributed by atoms with Gasteiger partial charge in [-0.15, -0.1) is 11.3 Å². The second-order valence-electron chi connectivity index (χ2n) is 20.5. The zero-order valence-corrected chi connectivity index (χ0v) is 36.2. The first kappa shape index (κ1) is 35.0. The van der Waals surface area contributed by atoms with Crippen LogP contribution in [0.25, 0.3) is 53.2 Å². The molecule has 1 fully saturated rings. The number of nitrogens with zero attached hydrogens (tertiary/aromatic N) is 2. The van der Waals surface area contributed by atoms with Gasteiger partial charge in [0.05, 0.1) is 10.9 Å². The molecule has 0 amide bonds. The van der Waals surface area contributed by atoms with Crippen LogP contribution in [0.3, 0.4) is 0 Å². The lowest BCUT2D eigenvalue weighted by atomic mass is 9.42. The van der Waals surface area contributed by atoms with Crippen molar-refractivity contribution in [2.24, 2.45) is 0 Å². The van der Waals surface area contributed by atoms with Crippen molar-refractivity contribution in [1.82, 2.24) is 0 Å². The summed E-state index contributed by atoms with van der Waals surface area (Å²) >= 11 is 1.96. The largest absolute Gasteiger partial charge is 0.456 e. The van der Waals surface area contributed by atoms with E-state index in [0.29, 0.717) is 0 Å². The minimum absolute atomic E-state index is 0.0159. The summed E-state index contributed by atoms with van der Waals surface area (Å²) < 4.78 is 9.50. The molecule has 12 rings (SSSR count). The van der Waals surface area contributed by atoms with Crippen molar-refractivity contribution in [3.63, 3.8) is 0 Å². The summed E-state index contributed by atoms with van der Waals surface area (Å²) in [5.74, 6) is 0. The maximum absolute atomic E-state index is 6.77. The summed E-state index contributed by atoms with van der Waals surface area (Å²) in [5, 5.41) is 5.12. The topological polar surface area (TPSA) is 19.6 Å². The smallest absolute Gasteiger partial charge is 0.333 e. The van der Waals surface area contributed by atoms with E-state index in [1.807, 2.05) is 11.3 Å². The molecule has 0 bridgehead atoms. The summed E-state index contributed by atoms with van der Waals surface area (Å²) in [7, 11) is 0. The van der Waals surface area contributed by atoms with Crippen LogP contribution in [-0.2, 0) is 16.2 Å². The lowest BCUT2D eigenvalue weighted by Crippen LogP contribution is -2.64. The average molecular weight is 775 g/mol. The normalized spacial score (nSPS) is 20.9. The van der Waals surface area contributed by atoms with Gasteiger partial charge in [0.2, 0.25) is 0 Å². The molecule has 5 heteroatoms. The number of hydrogen-bond donors (Lipinski definition) is 0. The number of para-hydroxylation sites is 1. The summed E-state index contributed by atoms with van der Waals surface area (Å²) in [6.45, 7) is 21.7. The minimum atomic E-state index is -0.0568. The van der Waals surface area contributed by atoms with E-state index in [2.05, 4.69) is 169 Å². The second kappa shape index (κ2) is 11.2. The van der Waals surface area contributed by atoms with Crippen LogP contribution in [0, 0.1) is 6.92 Å². The van der Waals surface area contributed by atoms with Crippen LogP contribution in [0.15, 0.2) is 101 Å². The van der Waals surface area contributed by atoms with E-state index in [1.165, 1.54) is 118 Å². The Kier molecular flexibility index (Phi) is 6.75. The predicted octanol–water partition coefficient (Wildman–Crippen LogP) is 13.8. The molecule has 0 N–H and O–H groups in total. The molecule has 2 atom stereocenters. The Morgan fingerprint density at radius 3 is 2.19 bits per heavy atom. The fraction of sp³-hybridized carbons (Fsp3) is 0.321. The van der Waals surface area contributed by atoms with Crippen molar-refractivity contribution in [2.75, 3.05) is 9.71 Å². The third kappa shape index (κ3) is 4.26. The van der Waals surface area contributed by atoms with E-state index in [-0.39, 0.29) is 28.6 Å². The van der Waals surface area contributed by atoms with Crippen LogP contribution >= 0.6 is 11.3 Å². The van der Waals surface area contributed by atoms with Gasteiger partial charge in [0.25, 0.3) is 0 Å². The molecule has 288 valence electrons. The highest BCUT2D eigenvalue weighted by atomic mass is 32.1. The Morgan fingerprint density at radius 2 is 1.41 bits per heavy atom. The van der Waals surface area contributed by atoms with E-state index in [9.17, 15) is 0 Å². The quantitative estimate of drug-likeness (QED) is 0.155. The Labute approximate surface area is 346 Å². The molecule has 58 heavy (non-hydrogen) atoms. The zero-order chi connectivity index (χ0) is 39.8. The number of benzene rings is 6. The van der Waals surface area contributed by atoms with Gasteiger partial charge in [0.15, 0.2) is 0 Å². The van der Waals surface area contributed by atoms with E-state index >= 15 is 0 Å². The van der Waals surface area contributed by atoms with Gasteiger partial charge in [-0.1, -0.05) is 122 Å². The summed E-state index contributed by atoms with van der Waals surface area (Å²) in [4.78, 5) is 5.67. The number of thiophene rings is 1. The third-order valence-electron chi connectivity index (χ3n) is 15.2. The monoisotopic (exact) mass is 774 g/mol. The molecule has 5 heterocycles. The molecule has 8 aromatic rings. The van der Waals surface area contributed by atoms with Crippen LogP contribution in [-0.4, -0.2) is 12.4 Å². The minimum Gasteiger partial charge on any atom is -0.456 e. The first-order chi connectivity index (χ1) is 27.7. The van der Waals surface area contributed by atoms with Gasteiger partial charge in [-0.05, 0) is 113 Å². The molecule has 3 aliphatic heterocycles. The van der Waals surface area contributed by atoms with Crippen molar-refractivity contribution >= 4 is 94.0 Å². The maximum atomic E-state index is 6.77. The molecule has 2 unspecified atom stereocenters. The van der Waals surface area contributed by atoms with Crippen LogP contribution in [0.5, 0.6) is 0 Å². The number of fused-ring (bicyclic) bond motifs is 15. The van der Waals surface area contributed by atoms with Crippen molar-refractivity contribution in [1.29, 1.82) is 0 Å². The number of furan rings is 1. The standard InChI is InChI=1S/C53H51BN2OS/c1-30-26-31(50(2,3)4)20-22-38(30)56-48-35(21-23-41-44(48)33-16-10-12-18-40(33)57-41)46-45-34-17-11-13-19-42(34)58-43(45)29-39-47(46)54(56)37-28-32(51(5,6)7)27-36-49(37)55(39)53(9)25-15-14-24-52(36,53)8/h10-13,16-23,26-29H,14-15,24-25H2,1-9H3. The second-order valence-corrected chi connectivity index (χ2v) is 21.6. The molecule has 0 spiro atoms. The van der Waals surface area contributed by atoms with Crippen LogP contribution < -0.4 is 20.6 Å². The Hall–Kier alpha value is -5.00. The first-order valence-electron chi connectivity index (χ1n) is 21.5. The number of anilines is 4. The molecular formula is C53H51BN2OS. The van der Waals surface area contributed by atoms with Gasteiger partial charge in [0.1, 0.15) is 11.2 Å². The fourth-order valence-corrected chi connectivity index (χ4v) is 13.1. The zero-order valence-electron chi connectivity index (χ0n) is 35.4. The molecule has 1 aliphatic carbocycles. The van der Waals surface area contributed by atoms with Crippen molar-refractivity contribution < 1.29 is 4.42 Å². The Morgan fingerprint density at radius 1 is 0.672 bits per heavy atom. The van der Waals surface area contributed by atoms with E-state index in [4.69, 9.17) is 4.42 Å². The van der Waals surface area contributed by atoms with Gasteiger partial charge >= 0.3 is 6.85 Å². The Bertz CT molecular complexity index is 3120. The van der Waals surface area contributed by atoms with Crippen molar-refractivity contribution in [3.8, 4) is 11.1 Å². The highest BCUT2D eigenvalue weighted by Gasteiger charge is 2.62. The van der Waals surface area contributed by atoms with Crippen LogP contribution in [0.4, 0.5) is 22.7 Å².